The molecule has 1 aromatic rings. The first-order chi connectivity index (χ1) is 9.85. The largest absolute Gasteiger partial charge is 0.511 e. The molecule has 0 unspecified atom stereocenters. The van der Waals surface area contributed by atoms with E-state index in [2.05, 4.69) is 13.0 Å². The topological polar surface area (TPSA) is 37.3 Å². The molecule has 1 aliphatic rings. The van der Waals surface area contributed by atoms with Crippen molar-refractivity contribution in [2.24, 2.45) is 5.41 Å². The average Bonchev–Trinajstić information content (AvgIpc) is 2.42. The minimum absolute atomic E-state index is 0.0498. The van der Waals surface area contributed by atoms with Gasteiger partial charge in [-0.3, -0.25) is 4.79 Å². The Labute approximate surface area is 128 Å². The minimum atomic E-state index is -0.253. The number of carbonyl (C=O) groups is 1. The number of hydrogen-bond donors (Lipinski definition) is 1. The molecular formula is C18H25BO2. The molecule has 1 aromatic carbocycles. The summed E-state index contributed by atoms with van der Waals surface area (Å²) in [6.45, 7) is 5.65. The van der Waals surface area contributed by atoms with Gasteiger partial charge in [-0.2, -0.15) is 0 Å². The van der Waals surface area contributed by atoms with E-state index in [-0.39, 0.29) is 11.2 Å². The van der Waals surface area contributed by atoms with E-state index in [0.717, 1.165) is 36.8 Å². The van der Waals surface area contributed by atoms with Crippen molar-refractivity contribution in [1.29, 1.82) is 0 Å². The van der Waals surface area contributed by atoms with E-state index >= 15 is 0 Å². The molecule has 0 atom stereocenters. The number of benzene rings is 1. The molecule has 112 valence electrons. The minimum Gasteiger partial charge on any atom is -0.511 e. The molecule has 2 nitrogen and oxygen atoms in total. The van der Waals surface area contributed by atoms with Gasteiger partial charge in [-0.05, 0) is 37.8 Å². The van der Waals surface area contributed by atoms with Crippen LogP contribution in [0.1, 0.15) is 57.1 Å². The SMILES string of the molecule is Bc1ccc(/C(C(C)=O)=C(\O)C2(C)CCCCC2)c(C)c1. The van der Waals surface area contributed by atoms with Crippen molar-refractivity contribution in [2.75, 3.05) is 0 Å². The number of carbonyl (C=O) groups excluding carboxylic acids is 1. The maximum Gasteiger partial charge on any atom is 0.163 e. The van der Waals surface area contributed by atoms with Crippen molar-refractivity contribution in [1.82, 2.24) is 0 Å². The third-order valence-corrected chi connectivity index (χ3v) is 4.77. The van der Waals surface area contributed by atoms with Crippen molar-refractivity contribution >= 4 is 24.7 Å². The van der Waals surface area contributed by atoms with Gasteiger partial charge in [0.1, 0.15) is 13.6 Å². The predicted molar refractivity (Wildman–Crippen MR) is 90.8 cm³/mol. The van der Waals surface area contributed by atoms with Gasteiger partial charge >= 0.3 is 0 Å². The van der Waals surface area contributed by atoms with E-state index in [0.29, 0.717) is 11.3 Å². The monoisotopic (exact) mass is 284 g/mol. The Morgan fingerprint density at radius 2 is 1.86 bits per heavy atom. The van der Waals surface area contributed by atoms with E-state index in [9.17, 15) is 9.90 Å². The number of aliphatic hydroxyl groups excluding tert-OH is 1. The molecule has 1 aliphatic carbocycles. The quantitative estimate of drug-likeness (QED) is 0.526. The number of aliphatic hydroxyl groups is 1. The van der Waals surface area contributed by atoms with Gasteiger partial charge < -0.3 is 5.11 Å². The van der Waals surface area contributed by atoms with Gasteiger partial charge in [0.25, 0.3) is 0 Å². The van der Waals surface area contributed by atoms with Gasteiger partial charge in [-0.15, -0.1) is 0 Å². The van der Waals surface area contributed by atoms with Crippen LogP contribution in [0.2, 0.25) is 0 Å². The van der Waals surface area contributed by atoms with Crippen LogP contribution in [0.3, 0.4) is 0 Å². The van der Waals surface area contributed by atoms with E-state index in [1.54, 1.807) is 6.92 Å². The van der Waals surface area contributed by atoms with Crippen molar-refractivity contribution < 1.29 is 9.90 Å². The highest BCUT2D eigenvalue weighted by molar-refractivity contribution is 6.32. The van der Waals surface area contributed by atoms with Crippen LogP contribution in [0, 0.1) is 12.3 Å². The summed E-state index contributed by atoms with van der Waals surface area (Å²) in [4.78, 5) is 12.2. The molecule has 3 heteroatoms. The van der Waals surface area contributed by atoms with Crippen LogP contribution >= 0.6 is 0 Å². The number of allylic oxidation sites excluding steroid dienone is 2. The van der Waals surface area contributed by atoms with E-state index in [1.165, 1.54) is 11.9 Å². The average molecular weight is 284 g/mol. The zero-order chi connectivity index (χ0) is 15.6. The summed E-state index contributed by atoms with van der Waals surface area (Å²) < 4.78 is 0. The molecule has 1 saturated carbocycles. The first-order valence-corrected chi connectivity index (χ1v) is 7.87. The predicted octanol–water partition coefficient (Wildman–Crippen LogP) is 3.08. The molecule has 0 heterocycles. The molecule has 2 rings (SSSR count). The highest BCUT2D eigenvalue weighted by Gasteiger charge is 2.34. The van der Waals surface area contributed by atoms with Crippen LogP contribution in [0.15, 0.2) is 24.0 Å². The van der Waals surface area contributed by atoms with Crippen LogP contribution in [-0.4, -0.2) is 18.7 Å². The van der Waals surface area contributed by atoms with Crippen LogP contribution in [0.5, 0.6) is 0 Å². The lowest BCUT2D eigenvalue weighted by Crippen LogP contribution is -2.25. The Balaban J connectivity index is 2.56. The molecule has 0 amide bonds. The van der Waals surface area contributed by atoms with Gasteiger partial charge in [0.05, 0.1) is 5.57 Å². The van der Waals surface area contributed by atoms with E-state index in [1.807, 2.05) is 26.9 Å². The molecule has 0 spiro atoms. The molecular weight excluding hydrogens is 259 g/mol. The Morgan fingerprint density at radius 1 is 1.24 bits per heavy atom. The van der Waals surface area contributed by atoms with Gasteiger partial charge in [-0.25, -0.2) is 0 Å². The second-order valence-electron chi connectivity index (χ2n) is 6.72. The number of rotatable bonds is 3. The standard InChI is InChI=1S/C18H25BO2/c1-12-11-14(19)7-8-15(12)16(13(2)20)17(21)18(3)9-5-4-6-10-18/h7-8,11,21H,4-6,9-10,19H2,1-3H3/b17-16-. The maximum absolute atomic E-state index is 12.2. The fourth-order valence-corrected chi connectivity index (χ4v) is 3.45. The zero-order valence-electron chi connectivity index (χ0n) is 13.6. The first-order valence-electron chi connectivity index (χ1n) is 7.87. The molecule has 1 N–H and O–H groups in total. The third-order valence-electron chi connectivity index (χ3n) is 4.77. The molecule has 0 aliphatic heterocycles. The van der Waals surface area contributed by atoms with Gasteiger partial charge in [0, 0.05) is 5.41 Å². The second-order valence-corrected chi connectivity index (χ2v) is 6.72. The fraction of sp³-hybridized carbons (Fsp3) is 0.500. The lowest BCUT2D eigenvalue weighted by Gasteiger charge is -2.34. The number of ketones is 1. The van der Waals surface area contributed by atoms with Crippen molar-refractivity contribution in [2.45, 2.75) is 52.9 Å². The van der Waals surface area contributed by atoms with E-state index in [4.69, 9.17) is 0 Å². The van der Waals surface area contributed by atoms with Crippen LogP contribution in [-0.2, 0) is 4.79 Å². The first kappa shape index (κ1) is 15.9. The summed E-state index contributed by atoms with van der Waals surface area (Å²) in [5, 5.41) is 10.9. The zero-order valence-corrected chi connectivity index (χ0v) is 13.6. The van der Waals surface area contributed by atoms with Gasteiger partial charge in [0.2, 0.25) is 0 Å². The Hall–Kier alpha value is -1.51. The van der Waals surface area contributed by atoms with Crippen LogP contribution in [0.25, 0.3) is 5.57 Å². The smallest absolute Gasteiger partial charge is 0.163 e. The summed E-state index contributed by atoms with van der Waals surface area (Å²) in [6.07, 6.45) is 5.39. The van der Waals surface area contributed by atoms with Gasteiger partial charge in [-0.1, -0.05) is 49.8 Å². The highest BCUT2D eigenvalue weighted by atomic mass is 16.3. The number of hydrogen-bond acceptors (Lipinski definition) is 2. The Bertz CT molecular complexity index is 581. The summed E-state index contributed by atoms with van der Waals surface area (Å²) in [5.41, 5.74) is 3.35. The maximum atomic E-state index is 12.2. The number of aryl methyl sites for hydroxylation is 1. The lowest BCUT2D eigenvalue weighted by atomic mass is 9.72. The van der Waals surface area contributed by atoms with Crippen molar-refractivity contribution in [3.63, 3.8) is 0 Å². The molecule has 0 aromatic heterocycles. The third kappa shape index (κ3) is 3.23. The van der Waals surface area contributed by atoms with Gasteiger partial charge in [0.15, 0.2) is 5.78 Å². The van der Waals surface area contributed by atoms with E-state index < -0.39 is 0 Å². The molecule has 0 saturated heterocycles. The summed E-state index contributed by atoms with van der Waals surface area (Å²) in [7, 11) is 2.04. The molecule has 0 radical (unpaired) electrons. The second kappa shape index (κ2) is 6.09. The summed E-state index contributed by atoms with van der Waals surface area (Å²) in [5.74, 6) is 0.243. The Morgan fingerprint density at radius 3 is 2.38 bits per heavy atom. The van der Waals surface area contributed by atoms with Crippen LogP contribution in [0.4, 0.5) is 0 Å². The number of Topliss-reactive ketones (excluding diaryl/α,β-unsaturated/α-hetero) is 1. The van der Waals surface area contributed by atoms with Crippen LogP contribution < -0.4 is 5.46 Å². The summed E-state index contributed by atoms with van der Waals surface area (Å²) >= 11 is 0. The lowest BCUT2D eigenvalue weighted by molar-refractivity contribution is -0.112. The highest BCUT2D eigenvalue weighted by Crippen LogP contribution is 2.43. The summed E-state index contributed by atoms with van der Waals surface area (Å²) in [6, 6.07) is 6.03. The molecule has 21 heavy (non-hydrogen) atoms. The molecule has 1 fully saturated rings. The normalized spacial score (nSPS) is 19.0. The molecule has 0 bridgehead atoms. The Kier molecular flexibility index (Phi) is 4.60. The van der Waals surface area contributed by atoms with Crippen molar-refractivity contribution in [3.05, 3.63) is 35.1 Å². The fourth-order valence-electron chi connectivity index (χ4n) is 3.45. The van der Waals surface area contributed by atoms with Crippen molar-refractivity contribution in [3.8, 4) is 0 Å².